The van der Waals surface area contributed by atoms with Crippen LogP contribution >= 0.6 is 24.1 Å². The normalized spacial score (nSPS) is 10.6. The second kappa shape index (κ2) is 6.93. The fourth-order valence-corrected chi connectivity index (χ4v) is 2.37. The molecule has 1 rings (SSSR count). The molecular weight excluding hydrogens is 257 g/mol. The maximum absolute atomic E-state index is 12.5. The van der Waals surface area contributed by atoms with Crippen molar-refractivity contribution in [2.75, 3.05) is 0 Å². The molecule has 2 nitrogen and oxygen atoms in total. The summed E-state index contributed by atoms with van der Waals surface area (Å²) in [6, 6.07) is 5.50. The molecule has 94 valence electrons. The second-order valence-electron chi connectivity index (χ2n) is 3.92. The average molecular weight is 273 g/mol. The Bertz CT molecular complexity index is 396. The van der Waals surface area contributed by atoms with Gasteiger partial charge in [-0.2, -0.15) is 3.89 Å². The van der Waals surface area contributed by atoms with Crippen molar-refractivity contribution in [3.8, 4) is 0 Å². The van der Waals surface area contributed by atoms with Crippen LogP contribution in [0.15, 0.2) is 40.3 Å². The Kier molecular flexibility index (Phi) is 5.88. The van der Waals surface area contributed by atoms with Crippen LogP contribution in [0.5, 0.6) is 0 Å². The summed E-state index contributed by atoms with van der Waals surface area (Å²) < 4.78 is 12.5. The lowest BCUT2D eigenvalue weighted by molar-refractivity contribution is 0.181. The Hall–Kier alpha value is -0.650. The Morgan fingerprint density at radius 2 is 2.18 bits per heavy atom. The maximum atomic E-state index is 12.5. The molecule has 1 N–H and O–H groups in total. The molecule has 0 aliphatic carbocycles. The lowest BCUT2D eigenvalue weighted by atomic mass is 10.0. The van der Waals surface area contributed by atoms with Crippen LogP contribution in [-0.4, -0.2) is 0 Å². The van der Waals surface area contributed by atoms with Gasteiger partial charge in [0.05, 0.1) is 12.1 Å². The molecule has 17 heavy (non-hydrogen) atoms. The Morgan fingerprint density at radius 1 is 1.47 bits per heavy atom. The van der Waals surface area contributed by atoms with Gasteiger partial charge in [-0.3, -0.25) is 0 Å². The minimum atomic E-state index is 0.263. The number of hydrogen-bond acceptors (Lipinski definition) is 4. The summed E-state index contributed by atoms with van der Waals surface area (Å²) in [5.74, 6) is 0.927. The second-order valence-corrected chi connectivity index (χ2v) is 5.36. The van der Waals surface area contributed by atoms with E-state index < -0.39 is 0 Å². The molecule has 0 aliphatic heterocycles. The largest absolute Gasteiger partial charge is 0.403 e. The molecule has 1 aromatic carbocycles. The van der Waals surface area contributed by atoms with Crippen LogP contribution in [0.2, 0.25) is 0 Å². The van der Waals surface area contributed by atoms with E-state index >= 15 is 0 Å². The molecule has 0 fully saturated rings. The summed E-state index contributed by atoms with van der Waals surface area (Å²) in [7, 11) is 0. The Labute approximate surface area is 110 Å². The molecule has 0 radical (unpaired) electrons. The van der Waals surface area contributed by atoms with Gasteiger partial charge in [0, 0.05) is 9.79 Å². The molecule has 0 spiro atoms. The highest BCUT2D eigenvalue weighted by Crippen LogP contribution is 2.31. The van der Waals surface area contributed by atoms with Gasteiger partial charge in [0.1, 0.15) is 5.76 Å². The van der Waals surface area contributed by atoms with Crippen LogP contribution in [0.3, 0.4) is 0 Å². The molecule has 0 heterocycles. The summed E-state index contributed by atoms with van der Waals surface area (Å²) in [6.45, 7) is 9.53. The molecule has 0 unspecified atom stereocenters. The first kappa shape index (κ1) is 14.4. The van der Waals surface area contributed by atoms with Gasteiger partial charge in [0.2, 0.25) is 0 Å². The number of rotatable bonds is 6. The van der Waals surface area contributed by atoms with E-state index in [-0.39, 0.29) is 12.1 Å². The fourth-order valence-electron chi connectivity index (χ4n) is 1.26. The smallest absolute Gasteiger partial charge is 0.115 e. The Morgan fingerprint density at radius 3 is 2.71 bits per heavy atom. The zero-order chi connectivity index (χ0) is 12.8. The van der Waals surface area contributed by atoms with Crippen molar-refractivity contribution in [3.63, 3.8) is 0 Å². The van der Waals surface area contributed by atoms with Gasteiger partial charge in [-0.25, -0.2) is 0 Å². The Balaban J connectivity index is 2.79. The van der Waals surface area contributed by atoms with Gasteiger partial charge in [-0.15, -0.1) is 0 Å². The highest BCUT2D eigenvalue weighted by Gasteiger charge is 2.09. The number of allylic oxidation sites excluding steroid dienone is 1. The van der Waals surface area contributed by atoms with Crippen molar-refractivity contribution >= 4 is 24.1 Å². The van der Waals surface area contributed by atoms with Gasteiger partial charge in [-0.05, 0) is 48.6 Å². The van der Waals surface area contributed by atoms with Crippen LogP contribution < -0.4 is 4.89 Å². The van der Waals surface area contributed by atoms with Crippen molar-refractivity contribution in [2.24, 2.45) is 0 Å². The van der Waals surface area contributed by atoms with Gasteiger partial charge < -0.3 is 4.84 Å². The van der Waals surface area contributed by atoms with E-state index in [2.05, 4.69) is 25.3 Å². The van der Waals surface area contributed by atoms with E-state index in [1.807, 2.05) is 12.1 Å². The number of nitrogens with one attached hydrogen (secondary N) is 1. The van der Waals surface area contributed by atoms with Crippen molar-refractivity contribution in [2.45, 2.75) is 36.5 Å². The monoisotopic (exact) mass is 273 g/mol. The molecule has 0 aromatic heterocycles. The predicted molar refractivity (Wildman–Crippen MR) is 72.4 cm³/mol. The molecule has 0 saturated heterocycles. The molecule has 0 amide bonds. The summed E-state index contributed by atoms with van der Waals surface area (Å²) >= 11 is 1.62. The number of halogens is 1. The van der Waals surface area contributed by atoms with Crippen LogP contribution in [0, 0.1) is 0 Å². The van der Waals surface area contributed by atoms with Crippen LogP contribution in [0.25, 0.3) is 0 Å². The quantitative estimate of drug-likeness (QED) is 0.454. The summed E-state index contributed by atoms with van der Waals surface area (Å²) in [5, 5.41) is 0. The van der Waals surface area contributed by atoms with E-state index in [4.69, 9.17) is 4.84 Å². The van der Waals surface area contributed by atoms with E-state index in [9.17, 15) is 3.89 Å². The van der Waals surface area contributed by atoms with Crippen molar-refractivity contribution in [1.82, 2.24) is 4.89 Å². The third-order valence-electron chi connectivity index (χ3n) is 2.06. The van der Waals surface area contributed by atoms with Crippen LogP contribution in [0.4, 0.5) is 3.89 Å². The zero-order valence-corrected chi connectivity index (χ0v) is 11.8. The number of benzene rings is 1. The molecule has 0 saturated carbocycles. The minimum Gasteiger partial charge on any atom is -0.403 e. The lowest BCUT2D eigenvalue weighted by Crippen LogP contribution is -2.04. The van der Waals surface area contributed by atoms with Gasteiger partial charge in [0.25, 0.3) is 0 Å². The first-order valence-corrected chi connectivity index (χ1v) is 6.74. The maximum Gasteiger partial charge on any atom is 0.115 e. The third kappa shape index (κ3) is 4.61. The van der Waals surface area contributed by atoms with E-state index in [1.54, 1.807) is 13.0 Å². The van der Waals surface area contributed by atoms with E-state index in [0.717, 1.165) is 10.5 Å². The predicted octanol–water partition coefficient (Wildman–Crippen LogP) is 4.85. The zero-order valence-electron chi connectivity index (χ0n) is 10.1. The lowest BCUT2D eigenvalue weighted by Gasteiger charge is -2.13. The topological polar surface area (TPSA) is 21.3 Å². The molecule has 0 bridgehead atoms. The van der Waals surface area contributed by atoms with Crippen molar-refractivity contribution in [3.05, 3.63) is 36.1 Å². The molecular formula is C12H16FNOS2. The van der Waals surface area contributed by atoms with Gasteiger partial charge in [0.15, 0.2) is 0 Å². The van der Waals surface area contributed by atoms with E-state index in [1.165, 1.54) is 11.9 Å². The molecule has 5 heteroatoms. The fraction of sp³-hybridized carbons (Fsp3) is 0.333. The van der Waals surface area contributed by atoms with Crippen molar-refractivity contribution in [1.29, 1.82) is 0 Å². The van der Waals surface area contributed by atoms with Crippen molar-refractivity contribution < 1.29 is 8.72 Å². The third-order valence-corrected chi connectivity index (χ3v) is 3.25. The summed E-state index contributed by atoms with van der Waals surface area (Å²) in [5.41, 5.74) is 1.09. The van der Waals surface area contributed by atoms with Crippen LogP contribution in [0.1, 0.15) is 32.3 Å². The highest BCUT2D eigenvalue weighted by atomic mass is 32.2. The highest BCUT2D eigenvalue weighted by molar-refractivity contribution is 7.97. The summed E-state index contributed by atoms with van der Waals surface area (Å²) in [6.07, 6.45) is 0. The number of hydrogen-bond donors (Lipinski definition) is 1. The molecule has 0 aliphatic rings. The van der Waals surface area contributed by atoms with Crippen LogP contribution in [-0.2, 0) is 4.84 Å². The molecule has 0 atom stereocenters. The first-order chi connectivity index (χ1) is 8.04. The molecule has 1 aromatic rings. The average Bonchev–Trinajstić information content (AvgIpc) is 2.28. The van der Waals surface area contributed by atoms with E-state index in [0.29, 0.717) is 16.6 Å². The van der Waals surface area contributed by atoms with Gasteiger partial charge in [-0.1, -0.05) is 25.3 Å². The SMILES string of the molecule is C=C(C)ONSc1ccc(SF)cc1C(C)C. The first-order valence-electron chi connectivity index (χ1n) is 5.21. The summed E-state index contributed by atoms with van der Waals surface area (Å²) in [4.78, 5) is 9.48. The standard InChI is InChI=1S/C12H16FNOS2/c1-8(2)11-7-10(16-13)5-6-12(11)17-14-15-9(3)4/h5-8,14H,3H2,1-2,4H3. The minimum absolute atomic E-state index is 0.263. The van der Waals surface area contributed by atoms with Gasteiger partial charge >= 0.3 is 0 Å².